The number of hydrogen-bond donors (Lipinski definition) is 0. The summed E-state index contributed by atoms with van der Waals surface area (Å²) in [5.41, 5.74) is 3.98. The number of benzene rings is 1. The van der Waals surface area contributed by atoms with E-state index >= 15 is 0 Å². The summed E-state index contributed by atoms with van der Waals surface area (Å²) in [4.78, 5) is 12.7. The summed E-state index contributed by atoms with van der Waals surface area (Å²) >= 11 is 0. The van der Waals surface area contributed by atoms with Gasteiger partial charge in [-0.3, -0.25) is 4.98 Å². The smallest absolute Gasteiger partial charge is 0.227 e. The van der Waals surface area contributed by atoms with Gasteiger partial charge >= 0.3 is 0 Å². The molecule has 0 unspecified atom stereocenters. The number of ether oxygens (including phenoxy) is 1. The Labute approximate surface area is 151 Å². The molecule has 3 heterocycles. The molecular weight excluding hydrogens is 326 g/mol. The molecule has 5 heteroatoms. The summed E-state index contributed by atoms with van der Waals surface area (Å²) in [5.74, 6) is 2.63. The zero-order valence-electron chi connectivity index (χ0n) is 14.5. The highest BCUT2D eigenvalue weighted by atomic mass is 16.5. The van der Waals surface area contributed by atoms with E-state index in [4.69, 9.17) is 9.15 Å². The highest BCUT2D eigenvalue weighted by molar-refractivity contribution is 5.71. The van der Waals surface area contributed by atoms with Crippen LogP contribution in [0.25, 0.3) is 22.5 Å². The molecule has 0 amide bonds. The highest BCUT2D eigenvalue weighted by Crippen LogP contribution is 2.33. The molecule has 4 aromatic rings. The van der Waals surface area contributed by atoms with Crippen molar-refractivity contribution in [1.29, 1.82) is 0 Å². The zero-order chi connectivity index (χ0) is 17.9. The van der Waals surface area contributed by atoms with Crippen LogP contribution in [0.4, 0.5) is 0 Å². The number of pyridine rings is 2. The third-order valence-electron chi connectivity index (χ3n) is 4.08. The average Bonchev–Trinajstić information content (AvgIpc) is 3.10. The second-order valence-corrected chi connectivity index (χ2v) is 5.92. The average molecular weight is 343 g/mol. The Morgan fingerprint density at radius 2 is 1.69 bits per heavy atom. The van der Waals surface area contributed by atoms with Crippen molar-refractivity contribution in [3.63, 3.8) is 0 Å². The second kappa shape index (κ2) is 6.80. The van der Waals surface area contributed by atoms with Crippen LogP contribution in [-0.4, -0.2) is 15.0 Å². The van der Waals surface area contributed by atoms with Crippen molar-refractivity contribution in [2.45, 2.75) is 13.8 Å². The molecular formula is C21H17N3O2. The van der Waals surface area contributed by atoms with Gasteiger partial charge in [-0.1, -0.05) is 0 Å². The van der Waals surface area contributed by atoms with Crippen LogP contribution in [-0.2, 0) is 0 Å². The first kappa shape index (κ1) is 16.0. The minimum atomic E-state index is 0.548. The normalized spacial score (nSPS) is 10.7. The fourth-order valence-electron chi connectivity index (χ4n) is 2.72. The number of oxazole rings is 1. The predicted octanol–water partition coefficient (Wildman–Crippen LogP) is 5.21. The van der Waals surface area contributed by atoms with Gasteiger partial charge in [0.15, 0.2) is 11.7 Å². The van der Waals surface area contributed by atoms with Crippen LogP contribution in [0.5, 0.6) is 11.6 Å². The Kier molecular flexibility index (Phi) is 4.19. The maximum Gasteiger partial charge on any atom is 0.227 e. The molecule has 0 aliphatic carbocycles. The van der Waals surface area contributed by atoms with Crippen LogP contribution in [0.2, 0.25) is 0 Å². The van der Waals surface area contributed by atoms with E-state index < -0.39 is 0 Å². The molecule has 0 saturated heterocycles. The molecule has 4 rings (SSSR count). The molecule has 26 heavy (non-hydrogen) atoms. The van der Waals surface area contributed by atoms with E-state index in [-0.39, 0.29) is 0 Å². The first-order valence-corrected chi connectivity index (χ1v) is 8.27. The maximum atomic E-state index is 6.03. The lowest BCUT2D eigenvalue weighted by molar-refractivity contribution is 0.465. The first-order chi connectivity index (χ1) is 12.7. The number of aryl methyl sites for hydroxylation is 2. The first-order valence-electron chi connectivity index (χ1n) is 8.27. The molecule has 0 atom stereocenters. The van der Waals surface area contributed by atoms with Gasteiger partial charge in [-0.05, 0) is 55.0 Å². The van der Waals surface area contributed by atoms with Crippen molar-refractivity contribution in [3.8, 4) is 34.1 Å². The van der Waals surface area contributed by atoms with Gasteiger partial charge in [-0.25, -0.2) is 9.97 Å². The summed E-state index contributed by atoms with van der Waals surface area (Å²) in [7, 11) is 0. The van der Waals surface area contributed by atoms with Gasteiger partial charge in [0.1, 0.15) is 5.75 Å². The maximum absolute atomic E-state index is 6.03. The van der Waals surface area contributed by atoms with Gasteiger partial charge < -0.3 is 9.15 Å². The van der Waals surface area contributed by atoms with Crippen LogP contribution in [0.3, 0.4) is 0 Å². The van der Waals surface area contributed by atoms with E-state index in [1.165, 1.54) is 0 Å². The predicted molar refractivity (Wildman–Crippen MR) is 99.0 cm³/mol. The Morgan fingerprint density at radius 3 is 2.42 bits per heavy atom. The molecule has 0 bridgehead atoms. The van der Waals surface area contributed by atoms with Crippen LogP contribution in [0, 0.1) is 13.8 Å². The van der Waals surface area contributed by atoms with Crippen LogP contribution in [0.15, 0.2) is 71.7 Å². The zero-order valence-corrected chi connectivity index (χ0v) is 14.5. The third-order valence-corrected chi connectivity index (χ3v) is 4.08. The molecule has 5 nitrogen and oxygen atoms in total. The summed E-state index contributed by atoms with van der Waals surface area (Å²) in [6.45, 7) is 3.87. The van der Waals surface area contributed by atoms with Crippen LogP contribution in [0.1, 0.15) is 11.5 Å². The van der Waals surface area contributed by atoms with E-state index in [1.807, 2.05) is 62.5 Å². The van der Waals surface area contributed by atoms with Crippen molar-refractivity contribution in [2.75, 3.05) is 0 Å². The number of rotatable bonds is 4. The largest absolute Gasteiger partial charge is 0.441 e. The van der Waals surface area contributed by atoms with Crippen molar-refractivity contribution < 1.29 is 9.15 Å². The fraction of sp³-hybridized carbons (Fsp3) is 0.0952. The van der Waals surface area contributed by atoms with Crippen molar-refractivity contribution >= 4 is 0 Å². The molecule has 1 aromatic carbocycles. The van der Waals surface area contributed by atoms with E-state index in [0.717, 1.165) is 28.0 Å². The third kappa shape index (κ3) is 3.19. The molecule has 0 aliphatic heterocycles. The fourth-order valence-corrected chi connectivity index (χ4v) is 2.72. The summed E-state index contributed by atoms with van der Waals surface area (Å²) in [6.07, 6.45) is 7.04. The quantitative estimate of drug-likeness (QED) is 0.509. The van der Waals surface area contributed by atoms with E-state index in [2.05, 4.69) is 15.0 Å². The Bertz CT molecular complexity index is 1040. The Morgan fingerprint density at radius 1 is 0.846 bits per heavy atom. The van der Waals surface area contributed by atoms with Crippen molar-refractivity contribution in [1.82, 2.24) is 15.0 Å². The molecule has 0 fully saturated rings. The monoisotopic (exact) mass is 343 g/mol. The number of hydrogen-bond acceptors (Lipinski definition) is 5. The van der Waals surface area contributed by atoms with Gasteiger partial charge in [0.2, 0.25) is 5.88 Å². The van der Waals surface area contributed by atoms with Crippen molar-refractivity contribution in [3.05, 3.63) is 78.7 Å². The minimum absolute atomic E-state index is 0.548. The Hall–Kier alpha value is -3.47. The van der Waals surface area contributed by atoms with Gasteiger partial charge in [-0.2, -0.15) is 0 Å². The summed E-state index contributed by atoms with van der Waals surface area (Å²) in [6, 6.07) is 13.5. The number of aromatic nitrogens is 3. The second-order valence-electron chi connectivity index (χ2n) is 5.92. The lowest BCUT2D eigenvalue weighted by Crippen LogP contribution is -1.93. The van der Waals surface area contributed by atoms with Gasteiger partial charge in [0.05, 0.1) is 6.20 Å². The molecule has 3 aromatic heterocycles. The molecule has 0 spiro atoms. The van der Waals surface area contributed by atoms with Gasteiger partial charge in [0, 0.05) is 42.2 Å². The highest BCUT2D eigenvalue weighted by Gasteiger charge is 2.11. The van der Waals surface area contributed by atoms with E-state index in [1.54, 1.807) is 18.6 Å². The van der Waals surface area contributed by atoms with Crippen LogP contribution >= 0.6 is 0 Å². The SMILES string of the molecule is Cc1ncc(-c2ccc(Oc3ncccc3-c3cnccc3C)cc2)o1. The lowest BCUT2D eigenvalue weighted by Gasteiger charge is -2.11. The van der Waals surface area contributed by atoms with Gasteiger partial charge in [-0.15, -0.1) is 0 Å². The standard InChI is InChI=1S/C21H17N3O2/c1-14-9-11-22-12-19(14)18-4-3-10-23-21(18)26-17-7-5-16(6-8-17)20-13-24-15(2)25-20/h3-13H,1-2H3. The van der Waals surface area contributed by atoms with E-state index in [9.17, 15) is 0 Å². The topological polar surface area (TPSA) is 61.0 Å². The number of nitrogens with zero attached hydrogens (tertiary/aromatic N) is 3. The van der Waals surface area contributed by atoms with Crippen LogP contribution < -0.4 is 4.74 Å². The Balaban J connectivity index is 1.63. The lowest BCUT2D eigenvalue weighted by atomic mass is 10.0. The molecule has 128 valence electrons. The molecule has 0 radical (unpaired) electrons. The van der Waals surface area contributed by atoms with Gasteiger partial charge in [0.25, 0.3) is 0 Å². The molecule has 0 N–H and O–H groups in total. The summed E-state index contributed by atoms with van der Waals surface area (Å²) in [5, 5.41) is 0. The summed E-state index contributed by atoms with van der Waals surface area (Å²) < 4.78 is 11.6. The molecule has 0 aliphatic rings. The minimum Gasteiger partial charge on any atom is -0.441 e. The van der Waals surface area contributed by atoms with E-state index in [0.29, 0.717) is 17.5 Å². The molecule has 0 saturated carbocycles. The van der Waals surface area contributed by atoms with Crippen molar-refractivity contribution in [2.24, 2.45) is 0 Å².